The Kier molecular flexibility index (Phi) is 6.28. The monoisotopic (exact) mass is 333 g/mol. The average Bonchev–Trinajstić information content (AvgIpc) is 2.58. The summed E-state index contributed by atoms with van der Waals surface area (Å²) in [6.07, 6.45) is -0.0924. The lowest BCUT2D eigenvalue weighted by Gasteiger charge is -2.14. The summed E-state index contributed by atoms with van der Waals surface area (Å²) in [5.74, 6) is 1.21. The summed E-state index contributed by atoms with van der Waals surface area (Å²) in [4.78, 5) is 0. The molecule has 130 valence electrons. The van der Waals surface area contributed by atoms with Gasteiger partial charge in [-0.1, -0.05) is 6.07 Å². The minimum Gasteiger partial charge on any atom is -0.508 e. The zero-order chi connectivity index (χ0) is 17.5. The molecule has 0 radical (unpaired) electrons. The molecule has 4 N–H and O–H groups in total. The van der Waals surface area contributed by atoms with Crippen molar-refractivity contribution in [2.75, 3.05) is 27.3 Å². The molecule has 0 saturated heterocycles. The summed E-state index contributed by atoms with van der Waals surface area (Å²) in [5, 5.41) is 32.2. The van der Waals surface area contributed by atoms with E-state index in [1.54, 1.807) is 14.2 Å². The van der Waals surface area contributed by atoms with Gasteiger partial charge >= 0.3 is 0 Å². The standard InChI is InChI=1S/C18H23NO5/c1-23-17-6-3-12(9-18(17)24-2)7-8-19-11-16(22)14-5-4-13(20)10-15(14)21/h3-6,9-10,16,19-22H,7-8,11H2,1-2H3/t16-/m1/s1. The maximum atomic E-state index is 10.1. The summed E-state index contributed by atoms with van der Waals surface area (Å²) >= 11 is 0. The Bertz CT molecular complexity index is 674. The SMILES string of the molecule is COc1ccc(CCNC[C@@H](O)c2ccc(O)cc2O)cc1OC. The van der Waals surface area contributed by atoms with Crippen LogP contribution in [0.25, 0.3) is 0 Å². The van der Waals surface area contributed by atoms with E-state index in [0.29, 0.717) is 30.2 Å². The van der Waals surface area contributed by atoms with Crippen LogP contribution in [0.4, 0.5) is 0 Å². The highest BCUT2D eigenvalue weighted by molar-refractivity contribution is 5.43. The number of hydrogen-bond donors (Lipinski definition) is 4. The van der Waals surface area contributed by atoms with Crippen molar-refractivity contribution < 1.29 is 24.8 Å². The van der Waals surface area contributed by atoms with Gasteiger partial charge in [-0.3, -0.25) is 0 Å². The molecule has 0 fully saturated rings. The Morgan fingerprint density at radius 2 is 1.75 bits per heavy atom. The summed E-state index contributed by atoms with van der Waals surface area (Å²) in [6, 6.07) is 9.89. The summed E-state index contributed by atoms with van der Waals surface area (Å²) in [5.41, 5.74) is 1.47. The third kappa shape index (κ3) is 4.53. The largest absolute Gasteiger partial charge is 0.508 e. The molecule has 1 atom stereocenters. The van der Waals surface area contributed by atoms with Gasteiger partial charge in [-0.25, -0.2) is 0 Å². The van der Waals surface area contributed by atoms with Gasteiger partial charge in [0.05, 0.1) is 20.3 Å². The molecule has 2 aromatic carbocycles. The molecule has 0 spiro atoms. The fraction of sp³-hybridized carbons (Fsp3) is 0.333. The zero-order valence-corrected chi connectivity index (χ0v) is 13.8. The molecule has 0 amide bonds. The van der Waals surface area contributed by atoms with Crippen LogP contribution in [0.15, 0.2) is 36.4 Å². The van der Waals surface area contributed by atoms with Crippen molar-refractivity contribution in [3.63, 3.8) is 0 Å². The minimum atomic E-state index is -0.851. The molecule has 6 heteroatoms. The number of aliphatic hydroxyl groups excluding tert-OH is 1. The highest BCUT2D eigenvalue weighted by atomic mass is 16.5. The molecule has 0 aliphatic carbocycles. The van der Waals surface area contributed by atoms with E-state index >= 15 is 0 Å². The van der Waals surface area contributed by atoms with E-state index in [9.17, 15) is 15.3 Å². The zero-order valence-electron chi connectivity index (χ0n) is 13.8. The van der Waals surface area contributed by atoms with Crippen molar-refractivity contribution in [2.24, 2.45) is 0 Å². The number of rotatable bonds is 8. The molecule has 0 aromatic heterocycles. The predicted octanol–water partition coefficient (Wildman–Crippen LogP) is 1.98. The van der Waals surface area contributed by atoms with Gasteiger partial charge in [0.15, 0.2) is 11.5 Å². The third-order valence-corrected chi connectivity index (χ3v) is 3.75. The number of nitrogens with one attached hydrogen (secondary N) is 1. The first-order valence-electron chi connectivity index (χ1n) is 7.66. The quantitative estimate of drug-likeness (QED) is 0.552. The smallest absolute Gasteiger partial charge is 0.160 e. The van der Waals surface area contributed by atoms with Crippen molar-refractivity contribution in [3.05, 3.63) is 47.5 Å². The van der Waals surface area contributed by atoms with Crippen molar-refractivity contribution >= 4 is 0 Å². The molecule has 0 unspecified atom stereocenters. The number of benzene rings is 2. The summed E-state index contributed by atoms with van der Waals surface area (Å²) in [6.45, 7) is 0.955. The molecule has 0 aliphatic rings. The molecular weight excluding hydrogens is 310 g/mol. The van der Waals surface area contributed by atoms with E-state index in [1.807, 2.05) is 18.2 Å². The van der Waals surface area contributed by atoms with Gasteiger partial charge in [0.1, 0.15) is 11.5 Å². The van der Waals surface area contributed by atoms with E-state index in [0.717, 1.165) is 12.0 Å². The lowest BCUT2D eigenvalue weighted by Crippen LogP contribution is -2.23. The Hall–Kier alpha value is -2.44. The average molecular weight is 333 g/mol. The van der Waals surface area contributed by atoms with Crippen LogP contribution in [-0.4, -0.2) is 42.6 Å². The first-order valence-corrected chi connectivity index (χ1v) is 7.66. The topological polar surface area (TPSA) is 91.2 Å². The van der Waals surface area contributed by atoms with Crippen molar-refractivity contribution in [1.29, 1.82) is 0 Å². The fourth-order valence-electron chi connectivity index (χ4n) is 2.43. The predicted molar refractivity (Wildman–Crippen MR) is 90.9 cm³/mol. The molecule has 2 rings (SSSR count). The second-order valence-electron chi connectivity index (χ2n) is 5.40. The number of aliphatic hydroxyl groups is 1. The lowest BCUT2D eigenvalue weighted by molar-refractivity contribution is 0.171. The molecule has 2 aromatic rings. The second-order valence-corrected chi connectivity index (χ2v) is 5.40. The Morgan fingerprint density at radius 3 is 2.42 bits per heavy atom. The van der Waals surface area contributed by atoms with Crippen LogP contribution in [0.5, 0.6) is 23.0 Å². The number of ether oxygens (including phenoxy) is 2. The molecular formula is C18H23NO5. The van der Waals surface area contributed by atoms with Gasteiger partial charge in [0.25, 0.3) is 0 Å². The van der Waals surface area contributed by atoms with E-state index in [4.69, 9.17) is 9.47 Å². The van der Waals surface area contributed by atoms with Gasteiger partial charge < -0.3 is 30.1 Å². The van der Waals surface area contributed by atoms with Gasteiger partial charge in [-0.05, 0) is 42.8 Å². The van der Waals surface area contributed by atoms with Gasteiger partial charge in [-0.2, -0.15) is 0 Å². The number of phenolic OH excluding ortho intramolecular Hbond substituents is 2. The fourth-order valence-corrected chi connectivity index (χ4v) is 2.43. The Balaban J connectivity index is 1.84. The first-order chi connectivity index (χ1) is 11.5. The minimum absolute atomic E-state index is 0.0372. The molecule has 0 saturated carbocycles. The highest BCUT2D eigenvalue weighted by Crippen LogP contribution is 2.28. The Morgan fingerprint density at radius 1 is 1.00 bits per heavy atom. The Labute approximate surface area is 141 Å². The number of hydrogen-bond acceptors (Lipinski definition) is 6. The summed E-state index contributed by atoms with van der Waals surface area (Å²) in [7, 11) is 3.19. The molecule has 0 heterocycles. The van der Waals surface area contributed by atoms with E-state index in [-0.39, 0.29) is 11.5 Å². The van der Waals surface area contributed by atoms with Crippen LogP contribution < -0.4 is 14.8 Å². The molecule has 0 bridgehead atoms. The first kappa shape index (κ1) is 17.9. The van der Waals surface area contributed by atoms with Crippen LogP contribution in [0.3, 0.4) is 0 Å². The van der Waals surface area contributed by atoms with Crippen LogP contribution in [0.1, 0.15) is 17.2 Å². The van der Waals surface area contributed by atoms with Crippen LogP contribution in [0, 0.1) is 0 Å². The van der Waals surface area contributed by atoms with Gasteiger partial charge in [-0.15, -0.1) is 0 Å². The van der Waals surface area contributed by atoms with Gasteiger partial charge in [0, 0.05) is 18.2 Å². The van der Waals surface area contributed by atoms with E-state index in [1.165, 1.54) is 18.2 Å². The van der Waals surface area contributed by atoms with Crippen LogP contribution in [0.2, 0.25) is 0 Å². The van der Waals surface area contributed by atoms with Crippen LogP contribution in [-0.2, 0) is 6.42 Å². The molecule has 24 heavy (non-hydrogen) atoms. The maximum Gasteiger partial charge on any atom is 0.160 e. The van der Waals surface area contributed by atoms with Crippen molar-refractivity contribution in [3.8, 4) is 23.0 Å². The third-order valence-electron chi connectivity index (χ3n) is 3.75. The summed E-state index contributed by atoms with van der Waals surface area (Å²) < 4.78 is 10.5. The van der Waals surface area contributed by atoms with Crippen molar-refractivity contribution in [2.45, 2.75) is 12.5 Å². The highest BCUT2D eigenvalue weighted by Gasteiger charge is 2.12. The van der Waals surface area contributed by atoms with E-state index < -0.39 is 6.10 Å². The maximum absolute atomic E-state index is 10.1. The second kappa shape index (κ2) is 8.42. The normalized spacial score (nSPS) is 12.0. The van der Waals surface area contributed by atoms with Crippen molar-refractivity contribution in [1.82, 2.24) is 5.32 Å². The molecule has 0 aliphatic heterocycles. The van der Waals surface area contributed by atoms with Gasteiger partial charge in [0.2, 0.25) is 0 Å². The molecule has 6 nitrogen and oxygen atoms in total. The number of methoxy groups -OCH3 is 2. The number of aromatic hydroxyl groups is 2. The lowest BCUT2D eigenvalue weighted by atomic mass is 10.1. The number of phenols is 2. The van der Waals surface area contributed by atoms with Crippen LogP contribution >= 0.6 is 0 Å². The van der Waals surface area contributed by atoms with E-state index in [2.05, 4.69) is 5.32 Å².